The molecule has 0 bridgehead atoms. The van der Waals surface area contributed by atoms with Crippen molar-refractivity contribution < 1.29 is 19.4 Å². The molecule has 2 atom stereocenters. The largest absolute Gasteiger partial charge is 0.387 e. The monoisotopic (exact) mass is 494 g/mol. The topological polar surface area (TPSA) is 146 Å². The first-order chi connectivity index (χ1) is 16.9. The summed E-state index contributed by atoms with van der Waals surface area (Å²) < 4.78 is 5.72. The molecule has 0 saturated carbocycles. The van der Waals surface area contributed by atoms with Gasteiger partial charge in [0, 0.05) is 19.6 Å². The van der Waals surface area contributed by atoms with Crippen LogP contribution in [0.4, 0.5) is 11.5 Å². The van der Waals surface area contributed by atoms with E-state index < -0.39 is 23.7 Å². The SMILES string of the molecule is [C-]#[N+]c1c(N2CCO[C@H](CNC(=O)CO)C2)nc(S[C@@H](C(N)=O)c2ccccc2)c(C#N)c1CC. The summed E-state index contributed by atoms with van der Waals surface area (Å²) in [6, 6.07) is 11.2. The van der Waals surface area contributed by atoms with Crippen molar-refractivity contribution in [2.75, 3.05) is 37.7 Å². The minimum absolute atomic E-state index is 0.194. The Bertz CT molecular complexity index is 1160. The number of hydrogen-bond acceptors (Lipinski definition) is 8. The van der Waals surface area contributed by atoms with Crippen LogP contribution in [0.15, 0.2) is 35.4 Å². The number of morpholine rings is 1. The lowest BCUT2D eigenvalue weighted by Gasteiger charge is -2.35. The molecule has 0 unspecified atom stereocenters. The second kappa shape index (κ2) is 12.2. The number of benzene rings is 1. The first-order valence-corrected chi connectivity index (χ1v) is 11.9. The average Bonchev–Trinajstić information content (AvgIpc) is 2.89. The lowest BCUT2D eigenvalue weighted by molar-refractivity contribution is -0.124. The van der Waals surface area contributed by atoms with Crippen LogP contribution in [0.5, 0.6) is 0 Å². The fourth-order valence-electron chi connectivity index (χ4n) is 3.82. The van der Waals surface area contributed by atoms with Crippen LogP contribution >= 0.6 is 11.8 Å². The Morgan fingerprint density at radius 2 is 2.20 bits per heavy atom. The summed E-state index contributed by atoms with van der Waals surface area (Å²) in [5, 5.41) is 21.0. The van der Waals surface area contributed by atoms with E-state index in [9.17, 15) is 14.9 Å². The maximum atomic E-state index is 12.3. The maximum Gasteiger partial charge on any atom is 0.245 e. The molecule has 3 rings (SSSR count). The van der Waals surface area contributed by atoms with Gasteiger partial charge >= 0.3 is 0 Å². The number of carbonyl (C=O) groups excluding carboxylic acids is 2. The Kier molecular flexibility index (Phi) is 9.04. The number of aliphatic hydroxyl groups is 1. The Balaban J connectivity index is 2.02. The average molecular weight is 495 g/mol. The van der Waals surface area contributed by atoms with Gasteiger partial charge in [-0.2, -0.15) is 5.26 Å². The van der Waals surface area contributed by atoms with Gasteiger partial charge in [0.05, 0.1) is 24.8 Å². The Hall–Kier alpha value is -3.64. The first kappa shape index (κ1) is 26.0. The van der Waals surface area contributed by atoms with E-state index in [2.05, 4.69) is 16.2 Å². The number of amides is 2. The summed E-state index contributed by atoms with van der Waals surface area (Å²) >= 11 is 1.09. The molecule has 0 radical (unpaired) electrons. The number of anilines is 1. The van der Waals surface area contributed by atoms with Gasteiger partial charge < -0.3 is 25.8 Å². The van der Waals surface area contributed by atoms with E-state index in [-0.39, 0.29) is 23.9 Å². The summed E-state index contributed by atoms with van der Waals surface area (Å²) in [7, 11) is 0. The number of aliphatic hydroxyl groups excluding tert-OH is 1. The standard InChI is InChI=1S/C24H26N6O4S/c1-3-17-18(11-25)24(35-21(22(26)33)15-7-5-4-6-8-15)29-23(20(17)27-2)30-9-10-34-16(13-30)12-28-19(32)14-31/h4-8,16,21,31H,3,9-10,12-14H2,1H3,(H2,26,33)(H,28,32)/t16-,21-/m1/s1. The molecule has 4 N–H and O–H groups in total. The summed E-state index contributed by atoms with van der Waals surface area (Å²) in [6.45, 7) is 10.4. The number of nitriles is 1. The lowest BCUT2D eigenvalue weighted by Crippen LogP contribution is -2.48. The fraction of sp³-hybridized carbons (Fsp3) is 0.375. The molecular formula is C24H26N6O4S. The van der Waals surface area contributed by atoms with Crippen LogP contribution in [0.2, 0.25) is 0 Å². The molecule has 1 fully saturated rings. The summed E-state index contributed by atoms with van der Waals surface area (Å²) in [4.78, 5) is 34.0. The van der Waals surface area contributed by atoms with Gasteiger partial charge in [-0.05, 0) is 17.5 Å². The second-order valence-electron chi connectivity index (χ2n) is 7.73. The predicted molar refractivity (Wildman–Crippen MR) is 131 cm³/mol. The van der Waals surface area contributed by atoms with Crippen molar-refractivity contribution in [3.63, 3.8) is 0 Å². The molecule has 1 aliphatic heterocycles. The third-order valence-electron chi connectivity index (χ3n) is 5.50. The van der Waals surface area contributed by atoms with Crippen molar-refractivity contribution in [2.24, 2.45) is 5.73 Å². The summed E-state index contributed by atoms with van der Waals surface area (Å²) in [5.41, 5.74) is 7.49. The van der Waals surface area contributed by atoms with Crippen molar-refractivity contribution in [2.45, 2.75) is 29.7 Å². The zero-order valence-corrected chi connectivity index (χ0v) is 20.0. The quantitative estimate of drug-likeness (QED) is 0.353. The molecule has 2 heterocycles. The van der Waals surface area contributed by atoms with E-state index in [0.29, 0.717) is 48.1 Å². The van der Waals surface area contributed by atoms with Gasteiger partial charge in [0.15, 0.2) is 0 Å². The molecule has 11 heteroatoms. The van der Waals surface area contributed by atoms with Gasteiger partial charge in [-0.1, -0.05) is 49.0 Å². The highest BCUT2D eigenvalue weighted by Crippen LogP contribution is 2.42. The van der Waals surface area contributed by atoms with Crippen molar-refractivity contribution in [3.05, 3.63) is 58.4 Å². The normalized spacial score (nSPS) is 16.1. The van der Waals surface area contributed by atoms with Gasteiger partial charge in [0.1, 0.15) is 28.8 Å². The molecular weight excluding hydrogens is 468 g/mol. The lowest BCUT2D eigenvalue weighted by atomic mass is 10.1. The molecule has 0 spiro atoms. The number of thioether (sulfide) groups is 1. The van der Waals surface area contributed by atoms with Crippen LogP contribution in [0.1, 0.15) is 28.9 Å². The Labute approximate surface area is 207 Å². The summed E-state index contributed by atoms with van der Waals surface area (Å²) in [5.74, 6) is -0.669. The van der Waals surface area contributed by atoms with Crippen molar-refractivity contribution in [1.29, 1.82) is 5.26 Å². The Morgan fingerprint density at radius 1 is 1.46 bits per heavy atom. The molecule has 2 amide bonds. The number of ether oxygens (including phenoxy) is 1. The van der Waals surface area contributed by atoms with Gasteiger partial charge in [-0.25, -0.2) is 9.83 Å². The van der Waals surface area contributed by atoms with E-state index in [1.54, 1.807) is 24.3 Å². The number of nitrogens with two attached hydrogens (primary N) is 1. The summed E-state index contributed by atoms with van der Waals surface area (Å²) in [6.07, 6.45) is 0.0514. The van der Waals surface area contributed by atoms with Crippen LogP contribution in [-0.4, -0.2) is 60.9 Å². The molecule has 182 valence electrons. The van der Waals surface area contributed by atoms with Crippen molar-refractivity contribution in [3.8, 4) is 6.07 Å². The highest BCUT2D eigenvalue weighted by molar-refractivity contribution is 8.00. The zero-order valence-electron chi connectivity index (χ0n) is 19.2. The zero-order chi connectivity index (χ0) is 25.4. The molecule has 1 saturated heterocycles. The van der Waals surface area contributed by atoms with Gasteiger partial charge in [-0.3, -0.25) is 9.59 Å². The number of carbonyl (C=O) groups is 2. The predicted octanol–water partition coefficient (Wildman–Crippen LogP) is 1.70. The minimum atomic E-state index is -0.765. The Morgan fingerprint density at radius 3 is 2.80 bits per heavy atom. The second-order valence-corrected chi connectivity index (χ2v) is 8.83. The van der Waals surface area contributed by atoms with Crippen molar-refractivity contribution in [1.82, 2.24) is 10.3 Å². The van der Waals surface area contributed by atoms with Crippen LogP contribution in [0.3, 0.4) is 0 Å². The number of aromatic nitrogens is 1. The number of nitrogens with zero attached hydrogens (tertiary/aromatic N) is 4. The molecule has 1 aliphatic rings. The van der Waals surface area contributed by atoms with E-state index in [1.165, 1.54) is 0 Å². The minimum Gasteiger partial charge on any atom is -0.387 e. The molecule has 1 aromatic carbocycles. The number of primary amides is 1. The molecule has 0 aliphatic carbocycles. The van der Waals surface area contributed by atoms with Gasteiger partial charge in [-0.15, -0.1) is 0 Å². The van der Waals surface area contributed by atoms with Crippen LogP contribution in [0, 0.1) is 17.9 Å². The van der Waals surface area contributed by atoms with E-state index in [0.717, 1.165) is 11.8 Å². The molecule has 1 aromatic heterocycles. The molecule has 10 nitrogen and oxygen atoms in total. The van der Waals surface area contributed by atoms with Gasteiger partial charge in [0.2, 0.25) is 17.5 Å². The highest BCUT2D eigenvalue weighted by Gasteiger charge is 2.29. The fourth-order valence-corrected chi connectivity index (χ4v) is 4.88. The number of pyridine rings is 1. The third kappa shape index (κ3) is 6.08. The van der Waals surface area contributed by atoms with Crippen LogP contribution < -0.4 is 16.0 Å². The number of rotatable bonds is 9. The maximum absolute atomic E-state index is 12.3. The molecule has 2 aromatic rings. The van der Waals surface area contributed by atoms with Crippen LogP contribution in [-0.2, 0) is 20.7 Å². The smallest absolute Gasteiger partial charge is 0.245 e. The first-order valence-electron chi connectivity index (χ1n) is 11.0. The van der Waals surface area contributed by atoms with E-state index in [4.69, 9.17) is 27.1 Å². The number of hydrogen-bond donors (Lipinski definition) is 3. The number of nitrogens with one attached hydrogen (secondary N) is 1. The van der Waals surface area contributed by atoms with Gasteiger partial charge in [0.25, 0.3) is 0 Å². The van der Waals surface area contributed by atoms with E-state index >= 15 is 0 Å². The highest BCUT2D eigenvalue weighted by atomic mass is 32.2. The molecule has 35 heavy (non-hydrogen) atoms. The third-order valence-corrected chi connectivity index (χ3v) is 6.76. The van der Waals surface area contributed by atoms with Crippen molar-refractivity contribution >= 4 is 35.1 Å². The van der Waals surface area contributed by atoms with E-state index in [1.807, 2.05) is 17.9 Å². The van der Waals surface area contributed by atoms with Crippen LogP contribution in [0.25, 0.3) is 4.85 Å².